The first-order chi connectivity index (χ1) is 9.24. The van der Waals surface area contributed by atoms with Crippen molar-refractivity contribution in [3.8, 4) is 0 Å². The van der Waals surface area contributed by atoms with Crippen molar-refractivity contribution in [3.63, 3.8) is 0 Å². The average molecular weight is 262 g/mol. The molecule has 1 saturated heterocycles. The van der Waals surface area contributed by atoms with Crippen LogP contribution < -0.4 is 5.32 Å². The highest BCUT2D eigenvalue weighted by atomic mass is 16.3. The van der Waals surface area contributed by atoms with Gasteiger partial charge in [0.2, 0.25) is 5.91 Å². The van der Waals surface area contributed by atoms with Gasteiger partial charge in [-0.1, -0.05) is 6.42 Å². The number of carbonyl (C=O) groups excluding carboxylic acids is 1. The Bertz CT molecular complexity index is 445. The van der Waals surface area contributed by atoms with Crippen molar-refractivity contribution >= 4 is 5.91 Å². The molecule has 1 aromatic rings. The van der Waals surface area contributed by atoms with Gasteiger partial charge in [-0.05, 0) is 51.3 Å². The van der Waals surface area contributed by atoms with Crippen LogP contribution in [0.3, 0.4) is 0 Å². The van der Waals surface area contributed by atoms with Crippen molar-refractivity contribution in [2.24, 2.45) is 0 Å². The molecule has 1 aliphatic carbocycles. The Kier molecular flexibility index (Phi) is 3.60. The van der Waals surface area contributed by atoms with Crippen LogP contribution in [0.15, 0.2) is 16.5 Å². The minimum Gasteiger partial charge on any atom is -0.464 e. The highest BCUT2D eigenvalue weighted by Gasteiger charge is 2.36. The van der Waals surface area contributed by atoms with Crippen molar-refractivity contribution in [1.29, 1.82) is 0 Å². The third-order valence-electron chi connectivity index (χ3n) is 4.00. The molecule has 2 heterocycles. The lowest BCUT2D eigenvalue weighted by molar-refractivity contribution is -0.135. The van der Waals surface area contributed by atoms with Gasteiger partial charge in [0.1, 0.15) is 11.5 Å². The minimum absolute atomic E-state index is 0.0189. The number of hydrogen-bond acceptors (Lipinski definition) is 3. The Hall–Kier alpha value is -1.29. The average Bonchev–Trinajstić information content (AvgIpc) is 3.20. The molecule has 0 aromatic carbocycles. The first-order valence-corrected chi connectivity index (χ1v) is 7.33. The van der Waals surface area contributed by atoms with Crippen LogP contribution in [0.5, 0.6) is 0 Å². The van der Waals surface area contributed by atoms with Crippen molar-refractivity contribution < 1.29 is 9.21 Å². The van der Waals surface area contributed by atoms with Crippen molar-refractivity contribution in [1.82, 2.24) is 10.2 Å². The summed E-state index contributed by atoms with van der Waals surface area (Å²) in [5.74, 6) is 2.07. The molecule has 4 heteroatoms. The molecule has 0 unspecified atom stereocenters. The predicted octanol–water partition coefficient (Wildman–Crippen LogP) is 2.22. The van der Waals surface area contributed by atoms with Crippen LogP contribution in [0.1, 0.15) is 43.6 Å². The molecule has 1 amide bonds. The van der Waals surface area contributed by atoms with Gasteiger partial charge < -0.3 is 14.6 Å². The second-order valence-corrected chi connectivity index (χ2v) is 5.71. The second-order valence-electron chi connectivity index (χ2n) is 5.71. The van der Waals surface area contributed by atoms with Crippen molar-refractivity contribution in [2.75, 3.05) is 6.54 Å². The number of rotatable bonds is 4. The number of carbonyl (C=O) groups is 1. The summed E-state index contributed by atoms with van der Waals surface area (Å²) >= 11 is 0. The fraction of sp³-hybridized carbons (Fsp3) is 0.667. The third-order valence-corrected chi connectivity index (χ3v) is 4.00. The predicted molar refractivity (Wildman–Crippen MR) is 72.7 cm³/mol. The monoisotopic (exact) mass is 262 g/mol. The van der Waals surface area contributed by atoms with Gasteiger partial charge in [-0.3, -0.25) is 4.79 Å². The summed E-state index contributed by atoms with van der Waals surface area (Å²) in [6, 6.07) is 4.39. The third kappa shape index (κ3) is 3.00. The molecule has 0 spiro atoms. The lowest BCUT2D eigenvalue weighted by Crippen LogP contribution is -2.49. The summed E-state index contributed by atoms with van der Waals surface area (Å²) in [6.45, 7) is 3.53. The molecular weight excluding hydrogens is 240 g/mol. The first kappa shape index (κ1) is 12.7. The summed E-state index contributed by atoms with van der Waals surface area (Å²) in [7, 11) is 0. The van der Waals surface area contributed by atoms with E-state index in [0.717, 1.165) is 43.7 Å². The molecule has 2 aliphatic rings. The molecule has 0 bridgehead atoms. The zero-order valence-corrected chi connectivity index (χ0v) is 11.5. The Morgan fingerprint density at radius 1 is 1.37 bits per heavy atom. The van der Waals surface area contributed by atoms with E-state index in [-0.39, 0.29) is 11.9 Å². The summed E-state index contributed by atoms with van der Waals surface area (Å²) in [5.41, 5.74) is 0. The number of amides is 1. The van der Waals surface area contributed by atoms with E-state index in [9.17, 15) is 4.79 Å². The Morgan fingerprint density at radius 3 is 2.79 bits per heavy atom. The standard InChI is InChI=1S/C15H22N2O2/c1-11-5-8-13(19-11)10-17(12-6-7-12)15(18)14-4-2-3-9-16-14/h5,8,12,14,16H,2-4,6-7,9-10H2,1H3/t14-/m1/s1. The Balaban J connectivity index is 1.67. The minimum atomic E-state index is 0.0189. The molecule has 19 heavy (non-hydrogen) atoms. The lowest BCUT2D eigenvalue weighted by Gasteiger charge is -2.29. The van der Waals surface area contributed by atoms with Crippen LogP contribution in [-0.4, -0.2) is 29.4 Å². The maximum Gasteiger partial charge on any atom is 0.240 e. The molecule has 0 radical (unpaired) electrons. The summed E-state index contributed by atoms with van der Waals surface area (Å²) < 4.78 is 5.62. The normalized spacial score (nSPS) is 23.3. The lowest BCUT2D eigenvalue weighted by atomic mass is 10.0. The van der Waals surface area contributed by atoms with Crippen LogP contribution >= 0.6 is 0 Å². The van der Waals surface area contributed by atoms with Crippen LogP contribution in [0.4, 0.5) is 0 Å². The van der Waals surface area contributed by atoms with Gasteiger partial charge >= 0.3 is 0 Å². The molecular formula is C15H22N2O2. The maximum atomic E-state index is 12.6. The highest BCUT2D eigenvalue weighted by Crippen LogP contribution is 2.30. The van der Waals surface area contributed by atoms with Gasteiger partial charge in [-0.15, -0.1) is 0 Å². The van der Waals surface area contributed by atoms with Gasteiger partial charge in [-0.25, -0.2) is 0 Å². The van der Waals surface area contributed by atoms with Gasteiger partial charge in [0, 0.05) is 6.04 Å². The van der Waals surface area contributed by atoms with E-state index in [4.69, 9.17) is 4.42 Å². The molecule has 1 N–H and O–H groups in total. The van der Waals surface area contributed by atoms with Crippen molar-refractivity contribution in [2.45, 2.75) is 57.7 Å². The van der Waals surface area contributed by atoms with Crippen LogP contribution in [0, 0.1) is 6.92 Å². The summed E-state index contributed by atoms with van der Waals surface area (Å²) in [4.78, 5) is 14.6. The fourth-order valence-electron chi connectivity index (χ4n) is 2.77. The number of nitrogens with zero attached hydrogens (tertiary/aromatic N) is 1. The van der Waals surface area contributed by atoms with Gasteiger partial charge in [0.05, 0.1) is 12.6 Å². The molecule has 1 atom stereocenters. The SMILES string of the molecule is Cc1ccc(CN(C(=O)[C@H]2CCCCN2)C2CC2)o1. The van der Waals surface area contributed by atoms with Gasteiger partial charge in [-0.2, -0.15) is 0 Å². The molecule has 104 valence electrons. The number of aryl methyl sites for hydroxylation is 1. The molecule has 2 fully saturated rings. The van der Waals surface area contributed by atoms with E-state index in [1.54, 1.807) is 0 Å². The quantitative estimate of drug-likeness (QED) is 0.905. The molecule has 4 nitrogen and oxygen atoms in total. The van der Waals surface area contributed by atoms with Gasteiger partial charge in [0.15, 0.2) is 0 Å². The molecule has 3 rings (SSSR count). The molecule has 1 aromatic heterocycles. The van der Waals surface area contributed by atoms with Crippen LogP contribution in [0.2, 0.25) is 0 Å². The zero-order valence-electron chi connectivity index (χ0n) is 11.5. The molecule has 1 aliphatic heterocycles. The van der Waals surface area contributed by atoms with E-state index in [2.05, 4.69) is 5.32 Å². The largest absolute Gasteiger partial charge is 0.464 e. The number of hydrogen-bond donors (Lipinski definition) is 1. The number of nitrogens with one attached hydrogen (secondary N) is 1. The Morgan fingerprint density at radius 2 is 2.21 bits per heavy atom. The topological polar surface area (TPSA) is 45.5 Å². The van der Waals surface area contributed by atoms with Gasteiger partial charge in [0.25, 0.3) is 0 Å². The second kappa shape index (κ2) is 5.37. The number of furan rings is 1. The first-order valence-electron chi connectivity index (χ1n) is 7.33. The number of piperidine rings is 1. The van der Waals surface area contributed by atoms with E-state index in [0.29, 0.717) is 12.6 Å². The van der Waals surface area contributed by atoms with E-state index >= 15 is 0 Å². The smallest absolute Gasteiger partial charge is 0.240 e. The summed E-state index contributed by atoms with van der Waals surface area (Å²) in [5, 5.41) is 3.35. The fourth-order valence-corrected chi connectivity index (χ4v) is 2.77. The molecule has 1 saturated carbocycles. The maximum absolute atomic E-state index is 12.6. The van der Waals surface area contributed by atoms with Crippen molar-refractivity contribution in [3.05, 3.63) is 23.7 Å². The van der Waals surface area contributed by atoms with Crippen LogP contribution in [0.25, 0.3) is 0 Å². The van der Waals surface area contributed by atoms with E-state index in [1.807, 2.05) is 24.0 Å². The van der Waals surface area contributed by atoms with E-state index in [1.165, 1.54) is 6.42 Å². The Labute approximate surface area is 114 Å². The zero-order chi connectivity index (χ0) is 13.2. The van der Waals surface area contributed by atoms with E-state index < -0.39 is 0 Å². The van der Waals surface area contributed by atoms with Crippen LogP contribution in [-0.2, 0) is 11.3 Å². The summed E-state index contributed by atoms with van der Waals surface area (Å²) in [6.07, 6.45) is 5.59. The highest BCUT2D eigenvalue weighted by molar-refractivity contribution is 5.82.